The van der Waals surface area contributed by atoms with E-state index in [-0.39, 0.29) is 28.7 Å². The number of aryl methyl sites for hydroxylation is 1. The van der Waals surface area contributed by atoms with Crippen LogP contribution in [-0.4, -0.2) is 52.7 Å². The Bertz CT molecular complexity index is 991. The van der Waals surface area contributed by atoms with Gasteiger partial charge in [-0.05, 0) is 55.7 Å². The predicted molar refractivity (Wildman–Crippen MR) is 104 cm³/mol. The van der Waals surface area contributed by atoms with Crippen molar-refractivity contribution >= 4 is 17.5 Å². The quantitative estimate of drug-likeness (QED) is 0.790. The predicted octanol–water partition coefficient (Wildman–Crippen LogP) is 3.71. The molecule has 9 heteroatoms. The number of nitrogens with zero attached hydrogens (tertiary/aromatic N) is 2. The zero-order chi connectivity index (χ0) is 22.2. The van der Waals surface area contributed by atoms with Gasteiger partial charge in [-0.15, -0.1) is 0 Å². The third kappa shape index (κ3) is 4.34. The average Bonchev–Trinajstić information content (AvgIpc) is 2.65. The van der Waals surface area contributed by atoms with Crippen LogP contribution in [0.15, 0.2) is 36.4 Å². The SMILES string of the molecule is CC1CCc2cc(C(=O)N(C)CC(F)(F)F)ccc2N1C(=O)c1ccc(O)cc1O. The van der Waals surface area contributed by atoms with Crippen molar-refractivity contribution in [1.29, 1.82) is 0 Å². The second kappa shape index (κ2) is 7.89. The number of anilines is 1. The fourth-order valence-corrected chi connectivity index (χ4v) is 3.59. The highest BCUT2D eigenvalue weighted by Crippen LogP contribution is 2.35. The largest absolute Gasteiger partial charge is 0.508 e. The van der Waals surface area contributed by atoms with Gasteiger partial charge in [-0.25, -0.2) is 0 Å². The molecule has 0 saturated heterocycles. The molecule has 1 heterocycles. The maximum Gasteiger partial charge on any atom is 0.406 e. The number of carbonyl (C=O) groups is 2. The molecular weight excluding hydrogens is 401 g/mol. The lowest BCUT2D eigenvalue weighted by Crippen LogP contribution is -2.42. The number of benzene rings is 2. The second-order valence-corrected chi connectivity index (χ2v) is 7.38. The summed E-state index contributed by atoms with van der Waals surface area (Å²) in [5, 5.41) is 19.5. The Kier molecular flexibility index (Phi) is 5.65. The molecule has 30 heavy (non-hydrogen) atoms. The average molecular weight is 422 g/mol. The lowest BCUT2D eigenvalue weighted by atomic mass is 9.93. The molecule has 0 aromatic heterocycles. The fraction of sp³-hybridized carbons (Fsp3) is 0.333. The van der Waals surface area contributed by atoms with Gasteiger partial charge in [0.25, 0.3) is 11.8 Å². The molecular formula is C21H21F3N2O4. The molecule has 3 rings (SSSR count). The molecule has 6 nitrogen and oxygen atoms in total. The number of hydrogen-bond acceptors (Lipinski definition) is 4. The van der Waals surface area contributed by atoms with Gasteiger partial charge in [0.2, 0.25) is 0 Å². The number of alkyl halides is 3. The van der Waals surface area contributed by atoms with Crippen LogP contribution in [0.25, 0.3) is 0 Å². The highest BCUT2D eigenvalue weighted by atomic mass is 19.4. The molecule has 1 aliphatic rings. The van der Waals surface area contributed by atoms with E-state index in [1.165, 1.54) is 35.2 Å². The molecule has 0 radical (unpaired) electrons. The molecule has 1 atom stereocenters. The van der Waals surface area contributed by atoms with Crippen molar-refractivity contribution in [2.24, 2.45) is 0 Å². The van der Waals surface area contributed by atoms with Crippen LogP contribution in [0.2, 0.25) is 0 Å². The topological polar surface area (TPSA) is 81.1 Å². The van der Waals surface area contributed by atoms with Crippen LogP contribution in [0.3, 0.4) is 0 Å². The zero-order valence-corrected chi connectivity index (χ0v) is 16.4. The summed E-state index contributed by atoms with van der Waals surface area (Å²) < 4.78 is 37.7. The summed E-state index contributed by atoms with van der Waals surface area (Å²) in [6.45, 7) is 0.485. The minimum atomic E-state index is -4.50. The molecule has 0 bridgehead atoms. The summed E-state index contributed by atoms with van der Waals surface area (Å²) in [6, 6.07) is 7.91. The van der Waals surface area contributed by atoms with Crippen LogP contribution in [-0.2, 0) is 6.42 Å². The van der Waals surface area contributed by atoms with Crippen LogP contribution in [0.1, 0.15) is 39.6 Å². The van der Waals surface area contributed by atoms with Gasteiger partial charge in [-0.1, -0.05) is 0 Å². The molecule has 0 aliphatic carbocycles. The van der Waals surface area contributed by atoms with Crippen LogP contribution in [0, 0.1) is 0 Å². The van der Waals surface area contributed by atoms with Gasteiger partial charge in [-0.2, -0.15) is 13.2 Å². The maximum absolute atomic E-state index is 13.1. The van der Waals surface area contributed by atoms with Crippen molar-refractivity contribution in [3.8, 4) is 11.5 Å². The van der Waals surface area contributed by atoms with Crippen LogP contribution in [0.5, 0.6) is 11.5 Å². The fourth-order valence-electron chi connectivity index (χ4n) is 3.59. The summed E-state index contributed by atoms with van der Waals surface area (Å²) in [5.74, 6) is -1.78. The number of halogens is 3. The number of aromatic hydroxyl groups is 2. The summed E-state index contributed by atoms with van der Waals surface area (Å²) in [4.78, 5) is 27.5. The number of hydrogen-bond donors (Lipinski definition) is 2. The molecule has 1 unspecified atom stereocenters. The third-order valence-corrected chi connectivity index (χ3v) is 5.05. The number of phenols is 2. The van der Waals surface area contributed by atoms with Crippen molar-refractivity contribution < 1.29 is 33.0 Å². The van der Waals surface area contributed by atoms with E-state index in [0.717, 1.165) is 13.1 Å². The molecule has 0 saturated carbocycles. The van der Waals surface area contributed by atoms with Crippen LogP contribution in [0.4, 0.5) is 18.9 Å². The van der Waals surface area contributed by atoms with Gasteiger partial charge < -0.3 is 20.0 Å². The number of rotatable bonds is 3. The first-order valence-electron chi connectivity index (χ1n) is 9.28. The Morgan fingerprint density at radius 3 is 2.50 bits per heavy atom. The van der Waals surface area contributed by atoms with E-state index in [0.29, 0.717) is 29.0 Å². The third-order valence-electron chi connectivity index (χ3n) is 5.05. The van der Waals surface area contributed by atoms with Crippen molar-refractivity contribution in [2.45, 2.75) is 32.0 Å². The molecule has 0 spiro atoms. The van der Waals surface area contributed by atoms with Crippen molar-refractivity contribution in [3.63, 3.8) is 0 Å². The van der Waals surface area contributed by atoms with E-state index in [9.17, 15) is 33.0 Å². The Labute approximate surface area is 171 Å². The van der Waals surface area contributed by atoms with E-state index in [1.807, 2.05) is 6.92 Å². The van der Waals surface area contributed by atoms with Gasteiger partial charge in [0.05, 0.1) is 5.56 Å². The highest BCUT2D eigenvalue weighted by molar-refractivity contribution is 6.09. The first-order valence-corrected chi connectivity index (χ1v) is 9.28. The van der Waals surface area contributed by atoms with E-state index in [1.54, 1.807) is 0 Å². The first-order chi connectivity index (χ1) is 14.0. The Morgan fingerprint density at radius 1 is 1.17 bits per heavy atom. The normalized spacial score (nSPS) is 16.2. The number of carbonyl (C=O) groups excluding carboxylic acids is 2. The standard InChI is InChI=1S/C21H21F3N2O4/c1-12-3-4-13-9-14(19(29)25(2)11-21(22,23)24)5-8-17(13)26(12)20(30)16-7-6-15(27)10-18(16)28/h5-10,12,27-28H,3-4,11H2,1-2H3. The summed E-state index contributed by atoms with van der Waals surface area (Å²) in [7, 11) is 1.08. The lowest BCUT2D eigenvalue weighted by Gasteiger charge is -2.36. The number of phenolic OH excluding ortho intramolecular Hbond substituents is 2. The van der Waals surface area contributed by atoms with E-state index in [2.05, 4.69) is 0 Å². The smallest absolute Gasteiger partial charge is 0.406 e. The van der Waals surface area contributed by atoms with Gasteiger partial charge in [0, 0.05) is 30.4 Å². The molecule has 0 fully saturated rings. The molecule has 1 aliphatic heterocycles. The molecule has 2 amide bonds. The molecule has 2 aromatic rings. The Morgan fingerprint density at radius 2 is 1.87 bits per heavy atom. The number of fused-ring (bicyclic) bond motifs is 1. The summed E-state index contributed by atoms with van der Waals surface area (Å²) in [6.07, 6.45) is -3.37. The van der Waals surface area contributed by atoms with E-state index in [4.69, 9.17) is 0 Å². The molecule has 160 valence electrons. The Balaban J connectivity index is 1.92. The summed E-state index contributed by atoms with van der Waals surface area (Å²) >= 11 is 0. The minimum Gasteiger partial charge on any atom is -0.508 e. The molecule has 2 aromatic carbocycles. The summed E-state index contributed by atoms with van der Waals surface area (Å²) in [5.41, 5.74) is 1.31. The minimum absolute atomic E-state index is 0.0116. The number of amides is 2. The highest BCUT2D eigenvalue weighted by Gasteiger charge is 2.33. The first kappa shape index (κ1) is 21.5. The van der Waals surface area contributed by atoms with E-state index >= 15 is 0 Å². The van der Waals surface area contributed by atoms with Crippen molar-refractivity contribution in [1.82, 2.24) is 4.90 Å². The van der Waals surface area contributed by atoms with Gasteiger partial charge in [-0.3, -0.25) is 9.59 Å². The lowest BCUT2D eigenvalue weighted by molar-refractivity contribution is -0.138. The van der Waals surface area contributed by atoms with E-state index < -0.39 is 24.5 Å². The zero-order valence-electron chi connectivity index (χ0n) is 16.4. The monoisotopic (exact) mass is 422 g/mol. The van der Waals surface area contributed by atoms with Gasteiger partial charge in [0.15, 0.2) is 0 Å². The Hall–Kier alpha value is -3.23. The van der Waals surface area contributed by atoms with Crippen molar-refractivity contribution in [2.75, 3.05) is 18.5 Å². The van der Waals surface area contributed by atoms with Gasteiger partial charge >= 0.3 is 6.18 Å². The second-order valence-electron chi connectivity index (χ2n) is 7.38. The van der Waals surface area contributed by atoms with Crippen molar-refractivity contribution in [3.05, 3.63) is 53.1 Å². The van der Waals surface area contributed by atoms with Crippen LogP contribution >= 0.6 is 0 Å². The van der Waals surface area contributed by atoms with Crippen LogP contribution < -0.4 is 4.90 Å². The van der Waals surface area contributed by atoms with Gasteiger partial charge in [0.1, 0.15) is 18.0 Å². The maximum atomic E-state index is 13.1. The molecule has 2 N–H and O–H groups in total.